The number of nitrogens with zero attached hydrogens (tertiary/aromatic N) is 1. The lowest BCUT2D eigenvalue weighted by molar-refractivity contribution is 0.122. The molecule has 1 aromatic rings. The van der Waals surface area contributed by atoms with Gasteiger partial charge in [-0.05, 0) is 31.5 Å². The molecule has 0 unspecified atom stereocenters. The summed E-state index contributed by atoms with van der Waals surface area (Å²) in [7, 11) is 2.13. The molecular formula is C14H24N2O. The zero-order chi connectivity index (χ0) is 12.5. The SMILES string of the molecule is CCOCCN(C)CCc1ccccc1CN. The maximum absolute atomic E-state index is 5.72. The lowest BCUT2D eigenvalue weighted by Gasteiger charge is -2.17. The minimum absolute atomic E-state index is 0.624. The van der Waals surface area contributed by atoms with E-state index in [9.17, 15) is 0 Å². The quantitative estimate of drug-likeness (QED) is 0.698. The van der Waals surface area contributed by atoms with Gasteiger partial charge in [0.25, 0.3) is 0 Å². The Hall–Kier alpha value is -0.900. The summed E-state index contributed by atoms with van der Waals surface area (Å²) in [5.41, 5.74) is 8.34. The van der Waals surface area contributed by atoms with Crippen molar-refractivity contribution < 1.29 is 4.74 Å². The van der Waals surface area contributed by atoms with Gasteiger partial charge in [0.15, 0.2) is 0 Å². The van der Waals surface area contributed by atoms with Crippen molar-refractivity contribution in [2.45, 2.75) is 19.9 Å². The molecule has 1 aromatic carbocycles. The topological polar surface area (TPSA) is 38.5 Å². The molecule has 0 aliphatic heterocycles. The molecule has 96 valence electrons. The fraction of sp³-hybridized carbons (Fsp3) is 0.571. The van der Waals surface area contributed by atoms with Crippen molar-refractivity contribution in [1.82, 2.24) is 4.90 Å². The van der Waals surface area contributed by atoms with Crippen molar-refractivity contribution in [2.75, 3.05) is 33.4 Å². The zero-order valence-electron chi connectivity index (χ0n) is 11.0. The normalized spacial score (nSPS) is 11.1. The summed E-state index contributed by atoms with van der Waals surface area (Å²) in [5.74, 6) is 0. The van der Waals surface area contributed by atoms with Crippen LogP contribution in [0.1, 0.15) is 18.1 Å². The van der Waals surface area contributed by atoms with E-state index in [1.165, 1.54) is 11.1 Å². The lowest BCUT2D eigenvalue weighted by Crippen LogP contribution is -2.25. The second kappa shape index (κ2) is 8.23. The Balaban J connectivity index is 2.33. The van der Waals surface area contributed by atoms with Crippen LogP contribution in [0.4, 0.5) is 0 Å². The van der Waals surface area contributed by atoms with Crippen molar-refractivity contribution in [1.29, 1.82) is 0 Å². The molecule has 0 atom stereocenters. The Bertz CT molecular complexity index is 315. The second-order valence-corrected chi connectivity index (χ2v) is 4.22. The number of rotatable bonds is 8. The van der Waals surface area contributed by atoms with E-state index >= 15 is 0 Å². The van der Waals surface area contributed by atoms with Gasteiger partial charge in [0.1, 0.15) is 0 Å². The first kappa shape index (κ1) is 14.2. The Labute approximate surface area is 105 Å². The average Bonchev–Trinajstić information content (AvgIpc) is 2.37. The van der Waals surface area contributed by atoms with Crippen LogP contribution in [0.2, 0.25) is 0 Å². The summed E-state index contributed by atoms with van der Waals surface area (Å²) in [6.07, 6.45) is 1.05. The fourth-order valence-electron chi connectivity index (χ4n) is 1.79. The molecule has 0 saturated carbocycles. The first-order valence-electron chi connectivity index (χ1n) is 6.31. The molecule has 3 nitrogen and oxygen atoms in total. The summed E-state index contributed by atoms with van der Waals surface area (Å²) < 4.78 is 5.34. The second-order valence-electron chi connectivity index (χ2n) is 4.22. The van der Waals surface area contributed by atoms with E-state index in [0.29, 0.717) is 6.54 Å². The van der Waals surface area contributed by atoms with E-state index < -0.39 is 0 Å². The minimum atomic E-state index is 0.624. The van der Waals surface area contributed by atoms with E-state index in [4.69, 9.17) is 10.5 Å². The molecule has 0 aliphatic rings. The molecule has 0 heterocycles. The zero-order valence-corrected chi connectivity index (χ0v) is 11.0. The molecule has 0 radical (unpaired) electrons. The van der Waals surface area contributed by atoms with Crippen molar-refractivity contribution >= 4 is 0 Å². The van der Waals surface area contributed by atoms with Gasteiger partial charge in [0, 0.05) is 26.2 Å². The molecule has 0 amide bonds. The third-order valence-corrected chi connectivity index (χ3v) is 2.92. The number of hydrogen-bond acceptors (Lipinski definition) is 3. The van der Waals surface area contributed by atoms with Gasteiger partial charge in [-0.25, -0.2) is 0 Å². The van der Waals surface area contributed by atoms with Gasteiger partial charge in [0.2, 0.25) is 0 Å². The standard InChI is InChI=1S/C14H24N2O/c1-3-17-11-10-16(2)9-8-13-6-4-5-7-14(13)12-15/h4-7H,3,8-12,15H2,1-2H3. The van der Waals surface area contributed by atoms with Crippen LogP contribution in [-0.2, 0) is 17.7 Å². The first-order chi connectivity index (χ1) is 8.27. The number of hydrogen-bond donors (Lipinski definition) is 1. The largest absolute Gasteiger partial charge is 0.380 e. The smallest absolute Gasteiger partial charge is 0.0593 e. The van der Waals surface area contributed by atoms with Gasteiger partial charge in [-0.1, -0.05) is 24.3 Å². The van der Waals surface area contributed by atoms with Crippen LogP contribution >= 0.6 is 0 Å². The summed E-state index contributed by atoms with van der Waals surface area (Å²) in [4.78, 5) is 2.29. The summed E-state index contributed by atoms with van der Waals surface area (Å²) in [6, 6.07) is 8.40. The monoisotopic (exact) mass is 236 g/mol. The summed E-state index contributed by atoms with van der Waals surface area (Å²) in [5, 5.41) is 0. The Morgan fingerprint density at radius 2 is 1.88 bits per heavy atom. The van der Waals surface area contributed by atoms with Crippen LogP contribution in [0.3, 0.4) is 0 Å². The van der Waals surface area contributed by atoms with E-state index in [1.807, 2.05) is 13.0 Å². The molecule has 2 N–H and O–H groups in total. The maximum Gasteiger partial charge on any atom is 0.0593 e. The molecule has 0 aliphatic carbocycles. The number of ether oxygens (including phenoxy) is 1. The number of likely N-dealkylation sites (N-methyl/N-ethyl adjacent to an activating group) is 1. The molecule has 0 bridgehead atoms. The van der Waals surface area contributed by atoms with Gasteiger partial charge >= 0.3 is 0 Å². The molecule has 3 heteroatoms. The Kier molecular flexibility index (Phi) is 6.86. The lowest BCUT2D eigenvalue weighted by atomic mass is 10.0. The van der Waals surface area contributed by atoms with E-state index in [0.717, 1.165) is 32.7 Å². The third kappa shape index (κ3) is 5.31. The highest BCUT2D eigenvalue weighted by molar-refractivity contribution is 5.27. The Morgan fingerprint density at radius 1 is 1.18 bits per heavy atom. The fourth-order valence-corrected chi connectivity index (χ4v) is 1.79. The van der Waals surface area contributed by atoms with E-state index in [2.05, 4.69) is 30.1 Å². The Morgan fingerprint density at radius 3 is 2.53 bits per heavy atom. The van der Waals surface area contributed by atoms with Crippen LogP contribution < -0.4 is 5.73 Å². The van der Waals surface area contributed by atoms with Gasteiger partial charge in [-0.15, -0.1) is 0 Å². The molecular weight excluding hydrogens is 212 g/mol. The third-order valence-electron chi connectivity index (χ3n) is 2.92. The molecule has 0 aromatic heterocycles. The number of benzene rings is 1. The number of nitrogens with two attached hydrogens (primary N) is 1. The van der Waals surface area contributed by atoms with E-state index in [-0.39, 0.29) is 0 Å². The molecule has 1 rings (SSSR count). The van der Waals surface area contributed by atoms with Crippen LogP contribution in [0.25, 0.3) is 0 Å². The first-order valence-corrected chi connectivity index (χ1v) is 6.31. The van der Waals surface area contributed by atoms with Gasteiger partial charge in [-0.2, -0.15) is 0 Å². The van der Waals surface area contributed by atoms with Crippen molar-refractivity contribution in [3.8, 4) is 0 Å². The van der Waals surface area contributed by atoms with Crippen LogP contribution in [0, 0.1) is 0 Å². The predicted molar refractivity (Wildman–Crippen MR) is 72.0 cm³/mol. The molecule has 0 saturated heterocycles. The summed E-state index contributed by atoms with van der Waals surface area (Å²) >= 11 is 0. The molecule has 0 fully saturated rings. The molecule has 17 heavy (non-hydrogen) atoms. The van der Waals surface area contributed by atoms with Gasteiger partial charge < -0.3 is 15.4 Å². The average molecular weight is 236 g/mol. The van der Waals surface area contributed by atoms with Gasteiger partial charge in [0.05, 0.1) is 6.61 Å². The predicted octanol–water partition coefficient (Wildman–Crippen LogP) is 1.66. The van der Waals surface area contributed by atoms with Crippen molar-refractivity contribution in [2.24, 2.45) is 5.73 Å². The highest BCUT2D eigenvalue weighted by Crippen LogP contribution is 2.08. The summed E-state index contributed by atoms with van der Waals surface area (Å²) in [6.45, 7) is 6.29. The highest BCUT2D eigenvalue weighted by Gasteiger charge is 2.02. The highest BCUT2D eigenvalue weighted by atomic mass is 16.5. The minimum Gasteiger partial charge on any atom is -0.380 e. The van der Waals surface area contributed by atoms with Crippen LogP contribution in [0.5, 0.6) is 0 Å². The van der Waals surface area contributed by atoms with Crippen molar-refractivity contribution in [3.05, 3.63) is 35.4 Å². The molecule has 0 spiro atoms. The van der Waals surface area contributed by atoms with Crippen LogP contribution in [-0.4, -0.2) is 38.3 Å². The van der Waals surface area contributed by atoms with E-state index in [1.54, 1.807) is 0 Å². The maximum atomic E-state index is 5.72. The van der Waals surface area contributed by atoms with Crippen molar-refractivity contribution in [3.63, 3.8) is 0 Å². The van der Waals surface area contributed by atoms with Crippen LogP contribution in [0.15, 0.2) is 24.3 Å². The van der Waals surface area contributed by atoms with Gasteiger partial charge in [-0.3, -0.25) is 0 Å².